The Hall–Kier alpha value is -1.78. The largest absolute Gasteiger partial charge is 0.444 e. The number of amides is 1. The maximum Gasteiger partial charge on any atom is 0.407 e. The molecular weight excluding hydrogens is 507 g/mol. The number of hydrogen-bond donors (Lipinski definition) is 3. The van der Waals surface area contributed by atoms with E-state index in [0.717, 1.165) is 50.6 Å². The molecule has 0 saturated carbocycles. The molecule has 1 amide bonds. The molecule has 1 aromatic heterocycles. The first-order valence-corrected chi connectivity index (χ1v) is 10.9. The zero-order valence-corrected chi connectivity index (χ0v) is 21.8. The van der Waals surface area contributed by atoms with Crippen LogP contribution in [0.25, 0.3) is 0 Å². The van der Waals surface area contributed by atoms with Gasteiger partial charge >= 0.3 is 6.09 Å². The van der Waals surface area contributed by atoms with Gasteiger partial charge in [-0.05, 0) is 52.2 Å². The molecule has 1 saturated heterocycles. The van der Waals surface area contributed by atoms with Crippen LogP contribution in [0.5, 0.6) is 0 Å². The van der Waals surface area contributed by atoms with E-state index in [1.807, 2.05) is 39.1 Å². The van der Waals surface area contributed by atoms with Gasteiger partial charge in [-0.15, -0.1) is 24.0 Å². The molecular formula is C22H39IN6O2. The molecule has 1 aliphatic heterocycles. The molecule has 9 heteroatoms. The third-order valence-electron chi connectivity index (χ3n) is 4.91. The predicted molar refractivity (Wildman–Crippen MR) is 137 cm³/mol. The zero-order chi connectivity index (χ0) is 22.0. The quantitative estimate of drug-likeness (QED) is 0.276. The van der Waals surface area contributed by atoms with Crippen molar-refractivity contribution in [2.75, 3.05) is 31.6 Å². The molecule has 1 atom stereocenters. The molecule has 1 aromatic rings. The van der Waals surface area contributed by atoms with Gasteiger partial charge in [0.25, 0.3) is 0 Å². The second-order valence-corrected chi connectivity index (χ2v) is 8.68. The van der Waals surface area contributed by atoms with Gasteiger partial charge in [-0.25, -0.2) is 9.78 Å². The third kappa shape index (κ3) is 10.4. The summed E-state index contributed by atoms with van der Waals surface area (Å²) in [6.45, 7) is 10.2. The first kappa shape index (κ1) is 27.3. The van der Waals surface area contributed by atoms with Gasteiger partial charge in [0.15, 0.2) is 5.96 Å². The first-order valence-electron chi connectivity index (χ1n) is 10.9. The number of halogens is 1. The van der Waals surface area contributed by atoms with E-state index in [-0.39, 0.29) is 36.1 Å². The lowest BCUT2D eigenvalue weighted by atomic mass is 10.1. The molecule has 0 aromatic carbocycles. The van der Waals surface area contributed by atoms with Crippen LogP contribution >= 0.6 is 24.0 Å². The second-order valence-electron chi connectivity index (χ2n) is 8.68. The molecule has 176 valence electrons. The number of hydrogen-bond acceptors (Lipinski definition) is 5. The van der Waals surface area contributed by atoms with Gasteiger partial charge in [0.1, 0.15) is 11.4 Å². The summed E-state index contributed by atoms with van der Waals surface area (Å²) in [5, 5.41) is 9.83. The number of carbonyl (C=O) groups is 1. The minimum Gasteiger partial charge on any atom is -0.444 e. The molecule has 2 heterocycles. The normalized spacial score (nSPS) is 16.2. The van der Waals surface area contributed by atoms with E-state index >= 15 is 0 Å². The van der Waals surface area contributed by atoms with Crippen molar-refractivity contribution in [2.24, 2.45) is 4.99 Å². The topological polar surface area (TPSA) is 90.9 Å². The first-order chi connectivity index (χ1) is 14.3. The number of aromatic nitrogens is 1. The van der Waals surface area contributed by atoms with Crippen LogP contribution in [0, 0.1) is 0 Å². The van der Waals surface area contributed by atoms with E-state index in [2.05, 4.69) is 43.8 Å². The maximum atomic E-state index is 12.1. The van der Waals surface area contributed by atoms with Crippen LogP contribution in [-0.4, -0.2) is 61.4 Å². The van der Waals surface area contributed by atoms with Gasteiger partial charge in [-0.1, -0.05) is 19.4 Å². The summed E-state index contributed by atoms with van der Waals surface area (Å²) in [5.41, 5.74) is -0.504. The highest BCUT2D eigenvalue weighted by Crippen LogP contribution is 2.17. The van der Waals surface area contributed by atoms with Crippen molar-refractivity contribution >= 4 is 41.8 Å². The Bertz CT molecular complexity index is 672. The van der Waals surface area contributed by atoms with E-state index in [9.17, 15) is 4.79 Å². The summed E-state index contributed by atoms with van der Waals surface area (Å²) < 4.78 is 5.38. The Morgan fingerprint density at radius 2 is 2.03 bits per heavy atom. The minimum absolute atomic E-state index is 0. The standard InChI is InChI=1S/C22H38N6O2.HI/c1-6-9-18(27-21(29)30-22(2,3)4)16-25-20(23-5)26-17-11-14-28(15-12-17)19-10-7-8-13-24-19;/h7-8,10,13,17-18H,6,9,11-12,14-16H2,1-5H3,(H,27,29)(H2,23,25,26);1H. The third-order valence-corrected chi connectivity index (χ3v) is 4.91. The summed E-state index contributed by atoms with van der Waals surface area (Å²) in [6, 6.07) is 6.36. The van der Waals surface area contributed by atoms with Crippen molar-refractivity contribution in [1.82, 2.24) is 20.9 Å². The smallest absolute Gasteiger partial charge is 0.407 e. The average molecular weight is 546 g/mol. The molecule has 0 bridgehead atoms. The number of piperidine rings is 1. The highest BCUT2D eigenvalue weighted by molar-refractivity contribution is 14.0. The number of anilines is 1. The summed E-state index contributed by atoms with van der Waals surface area (Å²) in [7, 11) is 1.77. The van der Waals surface area contributed by atoms with Crippen molar-refractivity contribution in [3.8, 4) is 0 Å². The number of guanidine groups is 1. The summed E-state index contributed by atoms with van der Waals surface area (Å²) in [6.07, 6.45) is 5.33. The average Bonchev–Trinajstić information content (AvgIpc) is 2.71. The molecule has 0 aliphatic carbocycles. The Balaban J connectivity index is 0.00000480. The molecule has 8 nitrogen and oxygen atoms in total. The van der Waals surface area contributed by atoms with Crippen molar-refractivity contribution in [2.45, 2.75) is 71.1 Å². The van der Waals surface area contributed by atoms with E-state index < -0.39 is 5.60 Å². The fourth-order valence-corrected chi connectivity index (χ4v) is 3.45. The fraction of sp³-hybridized carbons (Fsp3) is 0.682. The highest BCUT2D eigenvalue weighted by Gasteiger charge is 2.22. The molecule has 2 rings (SSSR count). The van der Waals surface area contributed by atoms with Crippen LogP contribution in [0.4, 0.5) is 10.6 Å². The fourth-order valence-electron chi connectivity index (χ4n) is 3.45. The Morgan fingerprint density at radius 1 is 1.32 bits per heavy atom. The highest BCUT2D eigenvalue weighted by atomic mass is 127. The number of carbonyl (C=O) groups excluding carboxylic acids is 1. The molecule has 3 N–H and O–H groups in total. The Morgan fingerprint density at radius 3 is 2.58 bits per heavy atom. The van der Waals surface area contributed by atoms with Crippen LogP contribution in [-0.2, 0) is 4.74 Å². The zero-order valence-electron chi connectivity index (χ0n) is 19.5. The van der Waals surface area contributed by atoms with Crippen LogP contribution in [0.1, 0.15) is 53.4 Å². The van der Waals surface area contributed by atoms with Gasteiger partial charge in [-0.3, -0.25) is 4.99 Å². The van der Waals surface area contributed by atoms with E-state index in [4.69, 9.17) is 4.74 Å². The second kappa shape index (κ2) is 13.6. The molecule has 0 spiro atoms. The predicted octanol–water partition coefficient (Wildman–Crippen LogP) is 3.53. The van der Waals surface area contributed by atoms with E-state index in [1.165, 1.54) is 0 Å². The lowest BCUT2D eigenvalue weighted by Gasteiger charge is -2.34. The number of alkyl carbamates (subject to hydrolysis) is 1. The van der Waals surface area contributed by atoms with Crippen molar-refractivity contribution in [1.29, 1.82) is 0 Å². The van der Waals surface area contributed by atoms with Crippen molar-refractivity contribution in [3.63, 3.8) is 0 Å². The number of aliphatic imine (C=N–C) groups is 1. The number of nitrogens with zero attached hydrogens (tertiary/aromatic N) is 3. The van der Waals surface area contributed by atoms with Crippen molar-refractivity contribution < 1.29 is 9.53 Å². The molecule has 1 fully saturated rings. The van der Waals surface area contributed by atoms with Gasteiger partial charge in [0.05, 0.1) is 0 Å². The lowest BCUT2D eigenvalue weighted by Crippen LogP contribution is -2.52. The number of pyridine rings is 1. The monoisotopic (exact) mass is 546 g/mol. The maximum absolute atomic E-state index is 12.1. The van der Waals surface area contributed by atoms with Gasteiger partial charge in [-0.2, -0.15) is 0 Å². The summed E-state index contributed by atoms with van der Waals surface area (Å²) in [5.74, 6) is 1.80. The molecule has 1 aliphatic rings. The Labute approximate surface area is 204 Å². The van der Waals surface area contributed by atoms with Crippen molar-refractivity contribution in [3.05, 3.63) is 24.4 Å². The molecule has 0 radical (unpaired) electrons. The SMILES string of the molecule is CCCC(CNC(=NC)NC1CCN(c2ccccn2)CC1)NC(=O)OC(C)(C)C.I. The van der Waals surface area contributed by atoms with Gasteiger partial charge < -0.3 is 25.6 Å². The lowest BCUT2D eigenvalue weighted by molar-refractivity contribution is 0.0502. The number of nitrogens with one attached hydrogen (secondary N) is 3. The summed E-state index contributed by atoms with van der Waals surface area (Å²) in [4.78, 5) is 23.2. The number of ether oxygens (including phenoxy) is 1. The summed E-state index contributed by atoms with van der Waals surface area (Å²) >= 11 is 0. The minimum atomic E-state index is -0.504. The van der Waals surface area contributed by atoms with Crippen LogP contribution in [0.2, 0.25) is 0 Å². The van der Waals surface area contributed by atoms with Crippen LogP contribution < -0.4 is 20.9 Å². The van der Waals surface area contributed by atoms with E-state index in [1.54, 1.807) is 7.05 Å². The van der Waals surface area contributed by atoms with E-state index in [0.29, 0.717) is 12.6 Å². The van der Waals surface area contributed by atoms with Gasteiger partial charge in [0, 0.05) is 45.0 Å². The van der Waals surface area contributed by atoms with Gasteiger partial charge in [0.2, 0.25) is 0 Å². The van der Waals surface area contributed by atoms with Crippen LogP contribution in [0.15, 0.2) is 29.4 Å². The number of rotatable bonds is 7. The molecule has 31 heavy (non-hydrogen) atoms. The van der Waals surface area contributed by atoms with Crippen LogP contribution in [0.3, 0.4) is 0 Å². The molecule has 1 unspecified atom stereocenters. The Kier molecular flexibility index (Phi) is 12.0.